The van der Waals surface area contributed by atoms with Crippen molar-refractivity contribution in [1.29, 1.82) is 0 Å². The summed E-state index contributed by atoms with van der Waals surface area (Å²) in [6, 6.07) is -0.556. The topological polar surface area (TPSA) is 131 Å². The molecule has 0 saturated heterocycles. The second-order valence-corrected chi connectivity index (χ2v) is 8.46. The summed E-state index contributed by atoms with van der Waals surface area (Å²) in [5.41, 5.74) is 11.6. The molecule has 0 aromatic rings. The summed E-state index contributed by atoms with van der Waals surface area (Å²) in [7, 11) is 0. The van der Waals surface area contributed by atoms with Gasteiger partial charge in [-0.15, -0.1) is 24.8 Å². The highest BCUT2D eigenvalue weighted by Crippen LogP contribution is 2.04. The molecule has 1 atom stereocenters. The molecule has 3 amide bonds. The number of carbonyl (C=O) groups excluding carboxylic acids is 3. The lowest BCUT2D eigenvalue weighted by atomic mass is 10.1. The molecule has 0 fully saturated rings. The van der Waals surface area contributed by atoms with E-state index in [4.69, 9.17) is 11.5 Å². The zero-order valence-corrected chi connectivity index (χ0v) is 24.0. The van der Waals surface area contributed by atoms with Gasteiger partial charge in [0.1, 0.15) is 0 Å². The van der Waals surface area contributed by atoms with Crippen LogP contribution in [0.1, 0.15) is 84.5 Å². The maximum absolute atomic E-state index is 12.8. The zero-order chi connectivity index (χ0) is 25.4. The normalized spacial score (nSPS) is 11.6. The smallest absolute Gasteiger partial charge is 0.239 e. The fourth-order valence-corrected chi connectivity index (χ4v) is 3.36. The van der Waals surface area contributed by atoms with Crippen LogP contribution in [0.2, 0.25) is 0 Å². The number of amides is 3. The summed E-state index contributed by atoms with van der Waals surface area (Å²) in [6.07, 6.45) is 16.1. The van der Waals surface area contributed by atoms with Gasteiger partial charge in [-0.3, -0.25) is 14.4 Å². The van der Waals surface area contributed by atoms with Gasteiger partial charge in [0, 0.05) is 39.0 Å². The van der Waals surface area contributed by atoms with E-state index in [1.54, 1.807) is 4.90 Å². The van der Waals surface area contributed by atoms with Crippen LogP contribution in [0.3, 0.4) is 0 Å². The van der Waals surface area contributed by atoms with Crippen molar-refractivity contribution in [2.24, 2.45) is 11.5 Å². The largest absolute Gasteiger partial charge is 0.356 e. The lowest BCUT2D eigenvalue weighted by molar-refractivity contribution is -0.133. The van der Waals surface area contributed by atoms with Gasteiger partial charge >= 0.3 is 0 Å². The number of hydrogen-bond acceptors (Lipinski definition) is 5. The predicted molar refractivity (Wildman–Crippen MR) is 155 cm³/mol. The SMILES string of the molecule is CC/C=C\CCC(=O)NCCCCN(CCCNC(=O)CC/C=C\CC)C(=O)[C@@H](N)CCCN.Cl.Cl. The van der Waals surface area contributed by atoms with Gasteiger partial charge in [-0.1, -0.05) is 38.2 Å². The molecule has 0 bridgehead atoms. The first-order valence-corrected chi connectivity index (χ1v) is 13.0. The highest BCUT2D eigenvalue weighted by atomic mass is 35.5. The molecule has 10 heteroatoms. The molecule has 0 rings (SSSR count). The fourth-order valence-electron chi connectivity index (χ4n) is 3.36. The summed E-state index contributed by atoms with van der Waals surface area (Å²) < 4.78 is 0. The van der Waals surface area contributed by atoms with Crippen molar-refractivity contribution in [2.75, 3.05) is 32.7 Å². The molecule has 0 saturated carbocycles. The molecule has 0 unspecified atom stereocenters. The molecular formula is C26H51Cl2N5O3. The summed E-state index contributed by atoms with van der Waals surface area (Å²) in [6.45, 7) is 6.89. The molecule has 0 aliphatic carbocycles. The quantitative estimate of drug-likeness (QED) is 0.128. The van der Waals surface area contributed by atoms with Gasteiger partial charge in [-0.25, -0.2) is 0 Å². The highest BCUT2D eigenvalue weighted by molar-refractivity contribution is 5.85. The van der Waals surface area contributed by atoms with Crippen LogP contribution in [-0.2, 0) is 14.4 Å². The van der Waals surface area contributed by atoms with E-state index in [2.05, 4.69) is 36.6 Å². The monoisotopic (exact) mass is 551 g/mol. The Morgan fingerprint density at radius 3 is 1.78 bits per heavy atom. The fraction of sp³-hybridized carbons (Fsp3) is 0.731. The van der Waals surface area contributed by atoms with Crippen molar-refractivity contribution in [3.8, 4) is 0 Å². The zero-order valence-electron chi connectivity index (χ0n) is 22.3. The third-order valence-corrected chi connectivity index (χ3v) is 5.33. The number of nitrogens with two attached hydrogens (primary N) is 2. The first-order valence-electron chi connectivity index (χ1n) is 13.0. The Labute approximate surface area is 231 Å². The molecule has 36 heavy (non-hydrogen) atoms. The molecule has 0 aromatic heterocycles. The minimum Gasteiger partial charge on any atom is -0.356 e. The maximum atomic E-state index is 12.8. The molecule has 0 aliphatic heterocycles. The van der Waals surface area contributed by atoms with Gasteiger partial charge in [0.05, 0.1) is 6.04 Å². The van der Waals surface area contributed by atoms with Gasteiger partial charge in [0.2, 0.25) is 17.7 Å². The maximum Gasteiger partial charge on any atom is 0.239 e. The summed E-state index contributed by atoms with van der Waals surface area (Å²) in [4.78, 5) is 38.4. The van der Waals surface area contributed by atoms with Crippen LogP contribution in [0.15, 0.2) is 24.3 Å². The van der Waals surface area contributed by atoms with Gasteiger partial charge in [-0.05, 0) is 64.3 Å². The first kappa shape index (κ1) is 38.9. The standard InChI is InChI=1S/C26H49N5O3.2ClH/c1-3-5-7-9-16-24(32)29-19-11-12-21-31(26(34)23(28)15-13-18-27)22-14-20-30-25(33)17-10-8-6-4-2;;/h5-8,23H,3-4,9-22,27-28H2,1-2H3,(H,29,32)(H,30,33);2*1H/b7-5-,8-6-;;/t23-;;/m0../s1. The minimum atomic E-state index is -0.556. The van der Waals surface area contributed by atoms with Gasteiger partial charge in [-0.2, -0.15) is 0 Å². The van der Waals surface area contributed by atoms with Crippen molar-refractivity contribution in [3.63, 3.8) is 0 Å². The summed E-state index contributed by atoms with van der Waals surface area (Å²) in [5.74, 6) is 0.00819. The van der Waals surface area contributed by atoms with E-state index in [0.29, 0.717) is 64.8 Å². The van der Waals surface area contributed by atoms with Crippen LogP contribution in [0, 0.1) is 0 Å². The number of unbranched alkanes of at least 4 members (excludes halogenated alkanes) is 1. The average Bonchev–Trinajstić information content (AvgIpc) is 2.83. The van der Waals surface area contributed by atoms with Crippen LogP contribution in [0.25, 0.3) is 0 Å². The number of rotatable bonds is 21. The lowest BCUT2D eigenvalue weighted by Crippen LogP contribution is -2.45. The number of halogens is 2. The van der Waals surface area contributed by atoms with Crippen LogP contribution >= 0.6 is 24.8 Å². The molecule has 8 nitrogen and oxygen atoms in total. The van der Waals surface area contributed by atoms with E-state index >= 15 is 0 Å². The van der Waals surface area contributed by atoms with Crippen LogP contribution in [-0.4, -0.2) is 61.4 Å². The summed E-state index contributed by atoms with van der Waals surface area (Å²) in [5, 5.41) is 5.86. The van der Waals surface area contributed by atoms with Crippen LogP contribution < -0.4 is 22.1 Å². The van der Waals surface area contributed by atoms with E-state index in [1.807, 2.05) is 12.2 Å². The number of hydrogen-bond donors (Lipinski definition) is 4. The van der Waals surface area contributed by atoms with E-state index in [-0.39, 0.29) is 42.5 Å². The van der Waals surface area contributed by atoms with Crippen molar-refractivity contribution in [1.82, 2.24) is 15.5 Å². The van der Waals surface area contributed by atoms with E-state index in [1.165, 1.54) is 0 Å². The third-order valence-electron chi connectivity index (χ3n) is 5.33. The van der Waals surface area contributed by atoms with Crippen molar-refractivity contribution < 1.29 is 14.4 Å². The summed E-state index contributed by atoms with van der Waals surface area (Å²) >= 11 is 0. The second-order valence-electron chi connectivity index (χ2n) is 8.46. The lowest BCUT2D eigenvalue weighted by Gasteiger charge is -2.26. The molecule has 6 N–H and O–H groups in total. The molecule has 0 heterocycles. The molecule has 0 aromatic carbocycles. The van der Waals surface area contributed by atoms with Gasteiger partial charge < -0.3 is 27.0 Å². The molecular weight excluding hydrogens is 501 g/mol. The second kappa shape index (κ2) is 28.0. The number of nitrogens with zero attached hydrogens (tertiary/aromatic N) is 1. The first-order chi connectivity index (χ1) is 16.5. The predicted octanol–water partition coefficient (Wildman–Crippen LogP) is 3.62. The van der Waals surface area contributed by atoms with Crippen LogP contribution in [0.4, 0.5) is 0 Å². The highest BCUT2D eigenvalue weighted by Gasteiger charge is 2.20. The number of nitrogens with one attached hydrogen (secondary N) is 2. The Kier molecular flexibility index (Phi) is 30.2. The van der Waals surface area contributed by atoms with Crippen LogP contribution in [0.5, 0.6) is 0 Å². The van der Waals surface area contributed by atoms with Gasteiger partial charge in [0.15, 0.2) is 0 Å². The molecule has 0 radical (unpaired) electrons. The molecule has 212 valence electrons. The number of allylic oxidation sites excluding steroid dienone is 4. The Balaban J connectivity index is -0.00000544. The van der Waals surface area contributed by atoms with E-state index in [9.17, 15) is 14.4 Å². The van der Waals surface area contributed by atoms with Crippen molar-refractivity contribution >= 4 is 42.5 Å². The van der Waals surface area contributed by atoms with E-state index in [0.717, 1.165) is 38.5 Å². The Morgan fingerprint density at radius 1 is 0.778 bits per heavy atom. The minimum absolute atomic E-state index is 0. The Hall–Kier alpha value is -1.61. The van der Waals surface area contributed by atoms with Crippen molar-refractivity contribution in [3.05, 3.63) is 24.3 Å². The Bertz CT molecular complexity index is 618. The third kappa shape index (κ3) is 22.8. The van der Waals surface area contributed by atoms with E-state index < -0.39 is 6.04 Å². The molecule has 0 spiro atoms. The van der Waals surface area contributed by atoms with Crippen molar-refractivity contribution in [2.45, 2.75) is 90.5 Å². The average molecular weight is 553 g/mol. The molecule has 0 aliphatic rings. The number of carbonyl (C=O) groups is 3. The van der Waals surface area contributed by atoms with Gasteiger partial charge in [0.25, 0.3) is 0 Å². The Morgan fingerprint density at radius 2 is 1.28 bits per heavy atom.